The van der Waals surface area contributed by atoms with Gasteiger partial charge in [0, 0.05) is 18.9 Å². The van der Waals surface area contributed by atoms with Crippen molar-refractivity contribution in [3.63, 3.8) is 0 Å². The molecule has 1 atom stereocenters. The number of ether oxygens (including phenoxy) is 1. The van der Waals surface area contributed by atoms with Crippen molar-refractivity contribution in [2.75, 3.05) is 20.2 Å². The summed E-state index contributed by atoms with van der Waals surface area (Å²) in [6.45, 7) is 1.52. The molecule has 1 N–H and O–H groups in total. The maximum atomic E-state index is 12.3. The highest BCUT2D eigenvalue weighted by Gasteiger charge is 2.42. The molecule has 3 rings (SSSR count). The summed E-state index contributed by atoms with van der Waals surface area (Å²) in [5.74, 6) is -0.123. The minimum absolute atomic E-state index is 0. The Labute approximate surface area is 142 Å². The Balaban J connectivity index is 0.00000192. The van der Waals surface area contributed by atoms with E-state index in [-0.39, 0.29) is 18.4 Å². The summed E-state index contributed by atoms with van der Waals surface area (Å²) in [4.78, 5) is 16.4. The zero-order valence-electron chi connectivity index (χ0n) is 13.1. The first kappa shape index (κ1) is 17.4. The smallest absolute Gasteiger partial charge is 0.313 e. The molecule has 0 amide bonds. The lowest BCUT2D eigenvalue weighted by molar-refractivity contribution is -0.151. The molecule has 0 radical (unpaired) electrons. The number of halogens is 1. The van der Waals surface area contributed by atoms with Gasteiger partial charge in [0.05, 0.1) is 12.5 Å². The third-order valence-corrected chi connectivity index (χ3v) is 4.40. The molecule has 0 spiro atoms. The second-order valence-electron chi connectivity index (χ2n) is 5.77. The molecule has 1 unspecified atom stereocenters. The number of benzene rings is 1. The SMILES string of the molecule is COC(=O)C1(Cc2ccccc2-c2ccncc2)CCNC1.Cl. The van der Waals surface area contributed by atoms with Crippen LogP contribution in [0.4, 0.5) is 0 Å². The zero-order valence-corrected chi connectivity index (χ0v) is 13.9. The maximum absolute atomic E-state index is 12.3. The quantitative estimate of drug-likeness (QED) is 0.875. The van der Waals surface area contributed by atoms with Crippen LogP contribution in [0.2, 0.25) is 0 Å². The number of nitrogens with one attached hydrogen (secondary N) is 1. The van der Waals surface area contributed by atoms with Crippen molar-refractivity contribution >= 4 is 18.4 Å². The van der Waals surface area contributed by atoms with Crippen LogP contribution >= 0.6 is 12.4 Å². The first-order chi connectivity index (χ1) is 10.7. The average Bonchev–Trinajstić information content (AvgIpc) is 3.05. The van der Waals surface area contributed by atoms with Gasteiger partial charge in [0.15, 0.2) is 0 Å². The summed E-state index contributed by atoms with van der Waals surface area (Å²) in [7, 11) is 1.47. The van der Waals surface area contributed by atoms with Crippen molar-refractivity contribution < 1.29 is 9.53 Å². The van der Waals surface area contributed by atoms with E-state index < -0.39 is 5.41 Å². The van der Waals surface area contributed by atoms with Crippen molar-refractivity contribution in [3.8, 4) is 11.1 Å². The molecule has 23 heavy (non-hydrogen) atoms. The number of nitrogens with zero attached hydrogens (tertiary/aromatic N) is 1. The van der Waals surface area contributed by atoms with E-state index in [1.807, 2.05) is 24.3 Å². The molecule has 1 aliphatic heterocycles. The van der Waals surface area contributed by atoms with Gasteiger partial charge in [-0.3, -0.25) is 9.78 Å². The first-order valence-electron chi connectivity index (χ1n) is 7.53. The highest BCUT2D eigenvalue weighted by molar-refractivity contribution is 5.85. The maximum Gasteiger partial charge on any atom is 0.313 e. The van der Waals surface area contributed by atoms with E-state index in [1.54, 1.807) is 12.4 Å². The van der Waals surface area contributed by atoms with Crippen molar-refractivity contribution in [2.24, 2.45) is 5.41 Å². The van der Waals surface area contributed by atoms with Crippen LogP contribution in [0.15, 0.2) is 48.8 Å². The molecule has 1 aromatic heterocycles. The highest BCUT2D eigenvalue weighted by Crippen LogP contribution is 2.35. The topological polar surface area (TPSA) is 51.2 Å². The Morgan fingerprint density at radius 1 is 1.26 bits per heavy atom. The van der Waals surface area contributed by atoms with Gasteiger partial charge in [0.1, 0.15) is 0 Å². The van der Waals surface area contributed by atoms with E-state index >= 15 is 0 Å². The fourth-order valence-electron chi connectivity index (χ4n) is 3.21. The number of carbonyl (C=O) groups excluding carboxylic acids is 1. The van der Waals surface area contributed by atoms with Crippen LogP contribution in [-0.4, -0.2) is 31.2 Å². The van der Waals surface area contributed by atoms with Gasteiger partial charge in [-0.1, -0.05) is 24.3 Å². The Kier molecular flexibility index (Phi) is 5.74. The van der Waals surface area contributed by atoms with Crippen LogP contribution in [0.1, 0.15) is 12.0 Å². The van der Waals surface area contributed by atoms with Crippen LogP contribution in [0.3, 0.4) is 0 Å². The fraction of sp³-hybridized carbons (Fsp3) is 0.333. The number of hydrogen-bond donors (Lipinski definition) is 1. The third kappa shape index (κ3) is 3.54. The van der Waals surface area contributed by atoms with E-state index in [2.05, 4.69) is 22.4 Å². The molecule has 4 nitrogen and oxygen atoms in total. The number of aromatic nitrogens is 1. The van der Waals surface area contributed by atoms with E-state index in [4.69, 9.17) is 4.74 Å². The summed E-state index contributed by atoms with van der Waals surface area (Å²) in [5, 5.41) is 3.30. The average molecular weight is 333 g/mol. The van der Waals surface area contributed by atoms with Crippen molar-refractivity contribution in [1.29, 1.82) is 0 Å². The monoisotopic (exact) mass is 332 g/mol. The number of esters is 1. The molecule has 1 aliphatic rings. The number of carbonyl (C=O) groups is 1. The standard InChI is InChI=1S/C18H20N2O2.ClH/c1-22-17(21)18(8-11-20-13-18)12-15-4-2-3-5-16(15)14-6-9-19-10-7-14;/h2-7,9-10,20H,8,11-13H2,1H3;1H. The number of hydrogen-bond acceptors (Lipinski definition) is 4. The molecule has 122 valence electrons. The minimum Gasteiger partial charge on any atom is -0.469 e. The fourth-order valence-corrected chi connectivity index (χ4v) is 3.21. The van der Waals surface area contributed by atoms with Crippen LogP contribution in [0.5, 0.6) is 0 Å². The van der Waals surface area contributed by atoms with Crippen LogP contribution < -0.4 is 5.32 Å². The third-order valence-electron chi connectivity index (χ3n) is 4.40. The molecule has 1 aromatic carbocycles. The minimum atomic E-state index is -0.460. The lowest BCUT2D eigenvalue weighted by Gasteiger charge is -2.26. The van der Waals surface area contributed by atoms with Gasteiger partial charge in [-0.15, -0.1) is 12.4 Å². The van der Waals surface area contributed by atoms with Crippen LogP contribution in [-0.2, 0) is 16.0 Å². The Morgan fingerprint density at radius 2 is 2.00 bits per heavy atom. The highest BCUT2D eigenvalue weighted by atomic mass is 35.5. The summed E-state index contributed by atoms with van der Waals surface area (Å²) < 4.78 is 5.07. The zero-order chi connectivity index (χ0) is 15.4. The van der Waals surface area contributed by atoms with Crippen molar-refractivity contribution in [1.82, 2.24) is 10.3 Å². The van der Waals surface area contributed by atoms with Gasteiger partial charge < -0.3 is 10.1 Å². The van der Waals surface area contributed by atoms with E-state index in [0.717, 1.165) is 24.1 Å². The Hall–Kier alpha value is -1.91. The molecular weight excluding hydrogens is 312 g/mol. The molecule has 0 aliphatic carbocycles. The van der Waals surface area contributed by atoms with E-state index in [1.165, 1.54) is 12.7 Å². The van der Waals surface area contributed by atoms with Crippen LogP contribution in [0, 0.1) is 5.41 Å². The largest absolute Gasteiger partial charge is 0.469 e. The van der Waals surface area contributed by atoms with Gasteiger partial charge >= 0.3 is 5.97 Å². The van der Waals surface area contributed by atoms with Gasteiger partial charge in [0.2, 0.25) is 0 Å². The predicted octanol–water partition coefficient (Wildman–Crippen LogP) is 2.87. The van der Waals surface area contributed by atoms with Gasteiger partial charge in [0.25, 0.3) is 0 Å². The second-order valence-corrected chi connectivity index (χ2v) is 5.77. The predicted molar refractivity (Wildman–Crippen MR) is 92.6 cm³/mol. The molecule has 5 heteroatoms. The second kappa shape index (κ2) is 7.57. The van der Waals surface area contributed by atoms with E-state index in [9.17, 15) is 4.79 Å². The normalized spacial score (nSPS) is 19.9. The summed E-state index contributed by atoms with van der Waals surface area (Å²) >= 11 is 0. The van der Waals surface area contributed by atoms with Crippen LogP contribution in [0.25, 0.3) is 11.1 Å². The van der Waals surface area contributed by atoms with E-state index in [0.29, 0.717) is 13.0 Å². The molecule has 2 aromatic rings. The lowest BCUT2D eigenvalue weighted by Crippen LogP contribution is -2.36. The Morgan fingerprint density at radius 3 is 2.65 bits per heavy atom. The molecule has 2 heterocycles. The molecule has 0 bridgehead atoms. The Bertz CT molecular complexity index is 655. The summed E-state index contributed by atoms with van der Waals surface area (Å²) in [6.07, 6.45) is 5.08. The summed E-state index contributed by atoms with van der Waals surface area (Å²) in [5.41, 5.74) is 2.98. The van der Waals surface area contributed by atoms with Gasteiger partial charge in [-0.25, -0.2) is 0 Å². The van der Waals surface area contributed by atoms with Gasteiger partial charge in [-0.2, -0.15) is 0 Å². The number of pyridine rings is 1. The molecule has 0 saturated carbocycles. The number of rotatable bonds is 4. The van der Waals surface area contributed by atoms with Crippen molar-refractivity contribution in [2.45, 2.75) is 12.8 Å². The molecular formula is C18H21ClN2O2. The first-order valence-corrected chi connectivity index (χ1v) is 7.53. The van der Waals surface area contributed by atoms with Crippen molar-refractivity contribution in [3.05, 3.63) is 54.4 Å². The van der Waals surface area contributed by atoms with Gasteiger partial charge in [-0.05, 0) is 48.2 Å². The summed E-state index contributed by atoms with van der Waals surface area (Å²) in [6, 6.07) is 12.2. The molecule has 1 saturated heterocycles. The molecule has 1 fully saturated rings. The number of methoxy groups -OCH3 is 1. The lowest BCUT2D eigenvalue weighted by atomic mass is 9.79.